The molecule has 0 saturated carbocycles. The number of carboxylic acid groups (broad SMARTS) is 1. The van der Waals surface area contributed by atoms with Crippen molar-refractivity contribution in [3.8, 4) is 0 Å². The number of aliphatic hydroxyl groups is 1. The fraction of sp³-hybridized carbons (Fsp3) is 0.231. The molecule has 4 rings (SSSR count). The van der Waals surface area contributed by atoms with E-state index in [9.17, 15) is 15.0 Å². The van der Waals surface area contributed by atoms with E-state index in [-0.39, 0.29) is 11.7 Å². The van der Waals surface area contributed by atoms with Crippen molar-refractivity contribution in [3.05, 3.63) is 100 Å². The Morgan fingerprint density at radius 1 is 1.09 bits per heavy atom. The Labute approximate surface area is 197 Å². The van der Waals surface area contributed by atoms with Gasteiger partial charge in [0.1, 0.15) is 5.69 Å². The van der Waals surface area contributed by atoms with E-state index in [4.69, 9.17) is 11.6 Å². The van der Waals surface area contributed by atoms with Crippen molar-refractivity contribution < 1.29 is 15.0 Å². The normalized spacial score (nSPS) is 13.2. The van der Waals surface area contributed by atoms with E-state index in [1.54, 1.807) is 30.6 Å². The summed E-state index contributed by atoms with van der Waals surface area (Å²) in [6, 6.07) is 18.9. The Morgan fingerprint density at radius 2 is 1.88 bits per heavy atom. The third kappa shape index (κ3) is 5.60. The monoisotopic (exact) mass is 463 g/mol. The SMILES string of the molecule is C[C@H](Cc1ccc2c(c1)cc(C(=O)O)n2Cc1ccncc1)NC[C@@H](O)c1cccc(Cl)c1. The molecule has 2 aromatic heterocycles. The largest absolute Gasteiger partial charge is 0.477 e. The average Bonchev–Trinajstić information content (AvgIpc) is 3.16. The molecule has 0 spiro atoms. The summed E-state index contributed by atoms with van der Waals surface area (Å²) in [4.78, 5) is 15.9. The molecular formula is C26H26ClN3O3. The third-order valence-electron chi connectivity index (χ3n) is 5.71. The van der Waals surface area contributed by atoms with Crippen LogP contribution in [0.15, 0.2) is 73.1 Å². The van der Waals surface area contributed by atoms with Crippen molar-refractivity contribution in [3.63, 3.8) is 0 Å². The predicted octanol–water partition coefficient (Wildman–Crippen LogP) is 4.69. The van der Waals surface area contributed by atoms with Gasteiger partial charge in [-0.2, -0.15) is 0 Å². The zero-order valence-electron chi connectivity index (χ0n) is 18.3. The van der Waals surface area contributed by atoms with E-state index in [2.05, 4.69) is 17.2 Å². The van der Waals surface area contributed by atoms with Gasteiger partial charge in [0.15, 0.2) is 0 Å². The molecule has 2 heterocycles. The highest BCUT2D eigenvalue weighted by Gasteiger charge is 2.16. The van der Waals surface area contributed by atoms with Crippen molar-refractivity contribution in [1.29, 1.82) is 0 Å². The van der Waals surface area contributed by atoms with Crippen molar-refractivity contribution in [2.24, 2.45) is 0 Å². The van der Waals surface area contributed by atoms with Crippen LogP contribution in [0.3, 0.4) is 0 Å². The molecule has 0 aliphatic rings. The first-order chi connectivity index (χ1) is 15.9. The minimum absolute atomic E-state index is 0.120. The maximum Gasteiger partial charge on any atom is 0.352 e. The van der Waals surface area contributed by atoms with E-state index >= 15 is 0 Å². The lowest BCUT2D eigenvalue weighted by molar-refractivity contribution is 0.0686. The fourth-order valence-electron chi connectivity index (χ4n) is 4.04. The molecule has 0 saturated heterocycles. The maximum atomic E-state index is 11.9. The number of nitrogens with zero attached hydrogens (tertiary/aromatic N) is 2. The Morgan fingerprint density at radius 3 is 2.61 bits per heavy atom. The van der Waals surface area contributed by atoms with Crippen molar-refractivity contribution in [2.45, 2.75) is 32.0 Å². The molecule has 2 aromatic carbocycles. The number of nitrogens with one attached hydrogen (secondary N) is 1. The lowest BCUT2D eigenvalue weighted by atomic mass is 10.0. The minimum Gasteiger partial charge on any atom is -0.477 e. The molecule has 0 aliphatic heterocycles. The summed E-state index contributed by atoms with van der Waals surface area (Å²) in [6.07, 6.45) is 3.51. The molecule has 4 aromatic rings. The number of hydrogen-bond acceptors (Lipinski definition) is 4. The van der Waals surface area contributed by atoms with Gasteiger partial charge < -0.3 is 20.1 Å². The number of hydrogen-bond donors (Lipinski definition) is 3. The summed E-state index contributed by atoms with van der Waals surface area (Å²) < 4.78 is 1.82. The van der Waals surface area contributed by atoms with Gasteiger partial charge in [-0.15, -0.1) is 0 Å². The van der Waals surface area contributed by atoms with E-state index in [0.29, 0.717) is 18.1 Å². The zero-order chi connectivity index (χ0) is 23.4. The molecule has 0 bridgehead atoms. The predicted molar refractivity (Wildman–Crippen MR) is 130 cm³/mol. The van der Waals surface area contributed by atoms with Gasteiger partial charge in [-0.25, -0.2) is 4.79 Å². The number of halogens is 1. The van der Waals surface area contributed by atoms with Gasteiger partial charge in [0.05, 0.1) is 6.10 Å². The summed E-state index contributed by atoms with van der Waals surface area (Å²) in [6.45, 7) is 2.94. The molecule has 0 aliphatic carbocycles. The van der Waals surface area contributed by atoms with E-state index in [0.717, 1.165) is 34.0 Å². The van der Waals surface area contributed by atoms with E-state index < -0.39 is 12.1 Å². The van der Waals surface area contributed by atoms with Crippen LogP contribution in [0.1, 0.15) is 40.2 Å². The summed E-state index contributed by atoms with van der Waals surface area (Å²) >= 11 is 6.01. The number of carboxylic acids is 1. The van der Waals surface area contributed by atoms with Crippen LogP contribution in [0.2, 0.25) is 5.02 Å². The van der Waals surface area contributed by atoms with Crippen molar-refractivity contribution >= 4 is 28.5 Å². The topological polar surface area (TPSA) is 87.4 Å². The Hall–Kier alpha value is -3.19. The highest BCUT2D eigenvalue weighted by atomic mass is 35.5. The first-order valence-corrected chi connectivity index (χ1v) is 11.2. The van der Waals surface area contributed by atoms with Crippen LogP contribution in [0.4, 0.5) is 0 Å². The molecule has 3 N–H and O–H groups in total. The summed E-state index contributed by atoms with van der Waals surface area (Å²) in [5.74, 6) is -0.952. The van der Waals surface area contributed by atoms with Crippen LogP contribution in [-0.4, -0.2) is 38.3 Å². The molecule has 0 fully saturated rings. The smallest absolute Gasteiger partial charge is 0.352 e. The molecule has 170 valence electrons. The highest BCUT2D eigenvalue weighted by Crippen LogP contribution is 2.24. The van der Waals surface area contributed by atoms with Crippen LogP contribution in [0, 0.1) is 0 Å². The number of aromatic nitrogens is 2. The first-order valence-electron chi connectivity index (χ1n) is 10.8. The molecule has 6 nitrogen and oxygen atoms in total. The van der Waals surface area contributed by atoms with E-state index in [1.165, 1.54) is 0 Å². The number of carbonyl (C=O) groups is 1. The number of aliphatic hydroxyl groups excluding tert-OH is 1. The second-order valence-corrected chi connectivity index (χ2v) is 8.69. The summed E-state index contributed by atoms with van der Waals surface area (Å²) in [5, 5.41) is 25.0. The van der Waals surface area contributed by atoms with Crippen LogP contribution in [0.25, 0.3) is 10.9 Å². The number of benzene rings is 2. The Kier molecular flexibility index (Phi) is 7.08. The van der Waals surface area contributed by atoms with Crippen LogP contribution < -0.4 is 5.32 Å². The lowest BCUT2D eigenvalue weighted by Gasteiger charge is -2.18. The highest BCUT2D eigenvalue weighted by molar-refractivity contribution is 6.30. The summed E-state index contributed by atoms with van der Waals surface area (Å²) in [5.41, 5.74) is 4.00. The third-order valence-corrected chi connectivity index (χ3v) is 5.95. The molecular weight excluding hydrogens is 438 g/mol. The lowest BCUT2D eigenvalue weighted by Crippen LogP contribution is -2.32. The van der Waals surface area contributed by atoms with Crippen LogP contribution in [0.5, 0.6) is 0 Å². The molecule has 0 amide bonds. The minimum atomic E-state index is -0.952. The van der Waals surface area contributed by atoms with Gasteiger partial charge in [0.2, 0.25) is 0 Å². The second-order valence-electron chi connectivity index (χ2n) is 8.25. The fourth-order valence-corrected chi connectivity index (χ4v) is 4.23. The number of rotatable bonds is 9. The molecule has 0 radical (unpaired) electrons. The molecule has 2 atom stereocenters. The van der Waals surface area contributed by atoms with Gasteiger partial charge in [-0.05, 0) is 72.5 Å². The van der Waals surface area contributed by atoms with Gasteiger partial charge in [0.25, 0.3) is 0 Å². The number of fused-ring (bicyclic) bond motifs is 1. The van der Waals surface area contributed by atoms with Gasteiger partial charge >= 0.3 is 5.97 Å². The van der Waals surface area contributed by atoms with E-state index in [1.807, 2.05) is 47.0 Å². The molecule has 7 heteroatoms. The quantitative estimate of drug-likeness (QED) is 0.335. The number of aromatic carboxylic acids is 1. The molecule has 0 unspecified atom stereocenters. The van der Waals surface area contributed by atoms with Crippen molar-refractivity contribution in [2.75, 3.05) is 6.54 Å². The molecule has 33 heavy (non-hydrogen) atoms. The van der Waals surface area contributed by atoms with Gasteiger partial charge in [-0.1, -0.05) is 29.8 Å². The maximum absolute atomic E-state index is 11.9. The van der Waals surface area contributed by atoms with Crippen LogP contribution >= 0.6 is 11.6 Å². The van der Waals surface area contributed by atoms with Gasteiger partial charge in [0, 0.05) is 47.5 Å². The standard InChI is InChI=1S/C26H26ClN3O3/c1-17(29-15-25(31)20-3-2-4-22(27)13-20)11-19-5-6-23-21(12-19)14-24(26(32)33)30(23)16-18-7-9-28-10-8-18/h2-10,12-14,17,25,29,31H,11,15-16H2,1H3,(H,32,33)/t17-,25-/m1/s1. The Bertz CT molecular complexity index is 1260. The number of pyridine rings is 1. The Balaban J connectivity index is 1.47. The average molecular weight is 464 g/mol. The van der Waals surface area contributed by atoms with Crippen LogP contribution in [-0.2, 0) is 13.0 Å². The van der Waals surface area contributed by atoms with Gasteiger partial charge in [-0.3, -0.25) is 4.98 Å². The zero-order valence-corrected chi connectivity index (χ0v) is 19.0. The summed E-state index contributed by atoms with van der Waals surface area (Å²) in [7, 11) is 0. The first kappa shape index (κ1) is 23.0. The van der Waals surface area contributed by atoms with Crippen molar-refractivity contribution in [1.82, 2.24) is 14.9 Å². The second kappa shape index (κ2) is 10.2.